The third-order valence-corrected chi connectivity index (χ3v) is 14.5. The Morgan fingerprint density at radius 3 is 1.38 bits per heavy atom. The van der Waals surface area contributed by atoms with E-state index in [0.29, 0.717) is 12.8 Å². The van der Waals surface area contributed by atoms with E-state index in [9.17, 15) is 45.6 Å². The predicted molar refractivity (Wildman–Crippen MR) is 318 cm³/mol. The minimum Gasteiger partial charge on any atom is -0.394 e. The van der Waals surface area contributed by atoms with Gasteiger partial charge in [-0.2, -0.15) is 0 Å². The maximum Gasteiger partial charge on any atom is 0.220 e. The molecule has 2 aliphatic rings. The van der Waals surface area contributed by atoms with Gasteiger partial charge in [0, 0.05) is 6.42 Å². The van der Waals surface area contributed by atoms with E-state index in [2.05, 4.69) is 92.1 Å². The molecule has 79 heavy (non-hydrogen) atoms. The predicted octanol–water partition coefficient (Wildman–Crippen LogP) is 11.1. The van der Waals surface area contributed by atoms with Crippen LogP contribution in [-0.4, -0.2) is 140 Å². The lowest BCUT2D eigenvalue weighted by atomic mass is 9.97. The van der Waals surface area contributed by atoms with Crippen LogP contribution < -0.4 is 5.32 Å². The first kappa shape index (κ1) is 72.0. The number of hydrogen-bond acceptors (Lipinski definition) is 13. The Bertz CT molecular complexity index is 1690. The first-order valence-corrected chi connectivity index (χ1v) is 31.0. The number of hydrogen-bond donors (Lipinski definition) is 9. The average molecular weight is 1110 g/mol. The minimum atomic E-state index is -1.80. The van der Waals surface area contributed by atoms with Gasteiger partial charge >= 0.3 is 0 Å². The molecule has 14 heteroatoms. The third kappa shape index (κ3) is 34.8. The number of unbranched alkanes of at least 4 members (excludes halogenated alkanes) is 21. The lowest BCUT2D eigenvalue weighted by Crippen LogP contribution is -2.65. The van der Waals surface area contributed by atoms with Crippen molar-refractivity contribution in [1.82, 2.24) is 5.32 Å². The van der Waals surface area contributed by atoms with Crippen molar-refractivity contribution in [3.05, 3.63) is 97.2 Å². The number of ether oxygens (including phenoxy) is 4. The molecular formula is C65H111NO13. The van der Waals surface area contributed by atoms with Crippen LogP contribution in [0, 0.1) is 0 Å². The highest BCUT2D eigenvalue weighted by Crippen LogP contribution is 2.30. The zero-order chi connectivity index (χ0) is 57.4. The van der Waals surface area contributed by atoms with Gasteiger partial charge in [0.15, 0.2) is 12.6 Å². The van der Waals surface area contributed by atoms with Gasteiger partial charge in [-0.3, -0.25) is 4.79 Å². The first-order valence-electron chi connectivity index (χ1n) is 31.0. The zero-order valence-electron chi connectivity index (χ0n) is 48.8. The largest absolute Gasteiger partial charge is 0.394 e. The van der Waals surface area contributed by atoms with E-state index in [1.165, 1.54) is 128 Å². The smallest absolute Gasteiger partial charge is 0.220 e. The van der Waals surface area contributed by atoms with E-state index < -0.39 is 86.8 Å². The Morgan fingerprint density at radius 2 is 0.886 bits per heavy atom. The minimum absolute atomic E-state index is 0.143. The summed E-state index contributed by atoms with van der Waals surface area (Å²) in [7, 11) is 0. The normalized spacial score (nSPS) is 25.1. The van der Waals surface area contributed by atoms with Gasteiger partial charge in [-0.25, -0.2) is 0 Å². The molecule has 2 saturated heterocycles. The standard InChI is InChI=1S/C65H111NO13/c1-3-5-7-9-11-13-15-17-19-21-23-24-25-26-27-28-29-31-32-34-36-38-40-42-44-46-48-54(69)53(66-57(70)49-47-45-43-41-39-37-35-33-30-22-20-18-16-14-12-10-8-6-4-2)52-76-64-62(75)60(73)63(56(51-68)78-64)79-65-61(74)59(72)58(71)55(50-67)77-65/h6,8,12,14,18,20,30,33,37-40,43,45-46,48,53-56,58-65,67-69,71-75H,3-5,7,9-11,13,15-17,19,21-29,31-32,34-36,41-42,44,47,49-52H2,1-2H3,(H,66,70)/b8-6-,14-12-,20-18-,33-30-,39-37-,40-38+,45-43-,48-46+. The lowest BCUT2D eigenvalue weighted by Gasteiger charge is -2.46. The average Bonchev–Trinajstić information content (AvgIpc) is 3.47. The van der Waals surface area contributed by atoms with Crippen LogP contribution in [0.25, 0.3) is 0 Å². The summed E-state index contributed by atoms with van der Waals surface area (Å²) in [5, 5.41) is 87.1. The fourth-order valence-corrected chi connectivity index (χ4v) is 9.57. The molecule has 0 aromatic heterocycles. The van der Waals surface area contributed by atoms with Crippen molar-refractivity contribution >= 4 is 5.91 Å². The molecule has 0 aliphatic carbocycles. The third-order valence-electron chi connectivity index (χ3n) is 14.5. The quantitative estimate of drug-likeness (QED) is 0.0204. The first-order chi connectivity index (χ1) is 38.6. The van der Waals surface area contributed by atoms with Crippen molar-refractivity contribution in [2.45, 2.75) is 286 Å². The van der Waals surface area contributed by atoms with Crippen molar-refractivity contribution in [3.63, 3.8) is 0 Å². The molecule has 1 amide bonds. The van der Waals surface area contributed by atoms with Crippen molar-refractivity contribution in [3.8, 4) is 0 Å². The van der Waals surface area contributed by atoms with E-state index in [4.69, 9.17) is 18.9 Å². The van der Waals surface area contributed by atoms with Gasteiger partial charge < -0.3 is 65.1 Å². The van der Waals surface area contributed by atoms with Crippen LogP contribution in [0.4, 0.5) is 0 Å². The number of allylic oxidation sites excluding steroid dienone is 15. The maximum atomic E-state index is 13.2. The van der Waals surface area contributed by atoms with Crippen LogP contribution >= 0.6 is 0 Å². The van der Waals surface area contributed by atoms with E-state index >= 15 is 0 Å². The highest BCUT2D eigenvalue weighted by Gasteiger charge is 2.51. The molecule has 0 bridgehead atoms. The number of aliphatic hydroxyl groups is 8. The van der Waals surface area contributed by atoms with Crippen molar-refractivity contribution in [2.75, 3.05) is 19.8 Å². The van der Waals surface area contributed by atoms with Crippen LogP contribution in [0.5, 0.6) is 0 Å². The highest BCUT2D eigenvalue weighted by atomic mass is 16.7. The summed E-state index contributed by atoms with van der Waals surface area (Å²) in [5.74, 6) is -0.333. The topological polar surface area (TPSA) is 228 Å². The fourth-order valence-electron chi connectivity index (χ4n) is 9.57. The fraction of sp³-hybridized carbons (Fsp3) is 0.738. The van der Waals surface area contributed by atoms with Gasteiger partial charge in [0.1, 0.15) is 48.8 Å². The summed E-state index contributed by atoms with van der Waals surface area (Å²) in [5.41, 5.74) is 0. The summed E-state index contributed by atoms with van der Waals surface area (Å²) in [6, 6.07) is -0.979. The van der Waals surface area contributed by atoms with E-state index in [1.54, 1.807) is 6.08 Å². The van der Waals surface area contributed by atoms with Gasteiger partial charge in [-0.15, -0.1) is 0 Å². The second-order valence-corrected chi connectivity index (χ2v) is 21.4. The Labute approximate surface area is 477 Å². The SMILES string of the molecule is CC/C=C\C/C=C\C/C=C\C/C=C\C/C=C\C/C=C\CCC(=O)NC(COC1OC(CO)C(OC2OC(CO)C(O)C(O)C2O)C(O)C1O)C(O)/C=C/CC/C=C/CCCCCCCCCCCCCCCCCCCCCC. The second-order valence-electron chi connectivity index (χ2n) is 21.4. The molecule has 0 spiro atoms. The molecule has 9 N–H and O–H groups in total. The molecule has 12 unspecified atom stereocenters. The monoisotopic (exact) mass is 1110 g/mol. The number of rotatable bonds is 48. The van der Waals surface area contributed by atoms with Gasteiger partial charge in [-0.1, -0.05) is 233 Å². The molecular weight excluding hydrogens is 1000 g/mol. The van der Waals surface area contributed by atoms with Gasteiger partial charge in [0.25, 0.3) is 0 Å². The molecule has 2 fully saturated rings. The zero-order valence-corrected chi connectivity index (χ0v) is 48.8. The second kappa shape index (κ2) is 49.5. The number of carbonyl (C=O) groups excluding carboxylic acids is 1. The summed E-state index contributed by atoms with van der Waals surface area (Å²) in [4.78, 5) is 13.2. The summed E-state index contributed by atoms with van der Waals surface area (Å²) < 4.78 is 22.7. The number of carbonyl (C=O) groups is 1. The van der Waals surface area contributed by atoms with Crippen molar-refractivity contribution in [2.24, 2.45) is 0 Å². The molecule has 12 atom stereocenters. The van der Waals surface area contributed by atoms with E-state index in [1.807, 2.05) is 18.2 Å². The number of aliphatic hydroxyl groups excluding tert-OH is 8. The van der Waals surface area contributed by atoms with Crippen LogP contribution in [0.15, 0.2) is 97.2 Å². The van der Waals surface area contributed by atoms with E-state index in [0.717, 1.165) is 51.4 Å². The maximum absolute atomic E-state index is 13.2. The Kier molecular flexibility index (Phi) is 45.1. The number of amides is 1. The van der Waals surface area contributed by atoms with Crippen LogP contribution in [0.3, 0.4) is 0 Å². The Morgan fingerprint density at radius 1 is 0.468 bits per heavy atom. The Balaban J connectivity index is 1.79. The van der Waals surface area contributed by atoms with Crippen LogP contribution in [0.1, 0.15) is 213 Å². The molecule has 0 saturated carbocycles. The van der Waals surface area contributed by atoms with Crippen molar-refractivity contribution in [1.29, 1.82) is 0 Å². The molecule has 2 aliphatic heterocycles. The van der Waals surface area contributed by atoms with Gasteiger partial charge in [0.2, 0.25) is 5.91 Å². The highest BCUT2D eigenvalue weighted by molar-refractivity contribution is 5.76. The van der Waals surface area contributed by atoms with Gasteiger partial charge in [-0.05, 0) is 70.6 Å². The number of nitrogens with one attached hydrogen (secondary N) is 1. The van der Waals surface area contributed by atoms with Crippen LogP contribution in [0.2, 0.25) is 0 Å². The van der Waals surface area contributed by atoms with Crippen molar-refractivity contribution < 1.29 is 64.6 Å². The molecule has 2 heterocycles. The van der Waals surface area contributed by atoms with E-state index in [-0.39, 0.29) is 18.9 Å². The van der Waals surface area contributed by atoms with Gasteiger partial charge in [0.05, 0.1) is 32.0 Å². The molecule has 454 valence electrons. The Hall–Kier alpha value is -3.09. The molecule has 0 radical (unpaired) electrons. The summed E-state index contributed by atoms with van der Waals surface area (Å²) in [6.45, 7) is 2.62. The molecule has 2 rings (SSSR count). The lowest BCUT2D eigenvalue weighted by molar-refractivity contribution is -0.359. The molecule has 0 aromatic carbocycles. The molecule has 0 aromatic rings. The molecule has 14 nitrogen and oxygen atoms in total. The van der Waals surface area contributed by atoms with Crippen LogP contribution in [-0.2, 0) is 23.7 Å². The summed E-state index contributed by atoms with van der Waals surface area (Å²) in [6.07, 6.45) is 51.9. The summed E-state index contributed by atoms with van der Waals surface area (Å²) >= 11 is 0.